The van der Waals surface area contributed by atoms with E-state index in [0.29, 0.717) is 27.8 Å². The third-order valence-electron chi connectivity index (χ3n) is 5.74. The van der Waals surface area contributed by atoms with Crippen molar-refractivity contribution in [2.75, 3.05) is 0 Å². The Hall–Kier alpha value is -2.56. The van der Waals surface area contributed by atoms with Crippen LogP contribution in [-0.2, 0) is 20.2 Å². The second kappa shape index (κ2) is 13.2. The van der Waals surface area contributed by atoms with Crippen LogP contribution in [-0.4, -0.2) is 25.9 Å². The third-order valence-corrected chi connectivity index (χ3v) is 7.43. The van der Waals surface area contributed by atoms with Gasteiger partial charge in [-0.25, -0.2) is 8.42 Å². The van der Waals surface area contributed by atoms with Crippen molar-refractivity contribution in [3.63, 3.8) is 0 Å². The van der Waals surface area contributed by atoms with E-state index in [-0.39, 0.29) is 69.9 Å². The van der Waals surface area contributed by atoms with Crippen LogP contribution in [0.25, 0.3) is 21.5 Å². The molecule has 0 aliphatic carbocycles. The van der Waals surface area contributed by atoms with Gasteiger partial charge in [0.25, 0.3) is 10.1 Å². The summed E-state index contributed by atoms with van der Waals surface area (Å²) in [6.45, 7) is 0. The summed E-state index contributed by atoms with van der Waals surface area (Å²) in [5.74, 6) is -1.15. The van der Waals surface area contributed by atoms with Crippen LogP contribution < -0.4 is 64.2 Å². The monoisotopic (exact) mass is 606 g/mol. The summed E-state index contributed by atoms with van der Waals surface area (Å²) in [5, 5.41) is 30.9. The zero-order chi connectivity index (χ0) is 27.8. The molecular weight excluding hydrogens is 590 g/mol. The Morgan fingerprint density at radius 2 is 1.20 bits per heavy atom. The van der Waals surface area contributed by atoms with Crippen molar-refractivity contribution in [3.05, 3.63) is 91.0 Å². The van der Waals surface area contributed by atoms with E-state index >= 15 is 0 Å². The molecular formula is C26H16N4Na2O7S2. The molecule has 0 aromatic heterocycles. The molecule has 1 N–H and O–H groups in total. The van der Waals surface area contributed by atoms with Gasteiger partial charge < -0.3 is 9.66 Å². The largest absolute Gasteiger partial charge is 1.00 e. The number of nitrogens with zero attached hydrogens (tertiary/aromatic N) is 4. The van der Waals surface area contributed by atoms with Crippen LogP contribution in [0.1, 0.15) is 0 Å². The SMILES string of the molecule is O=S(=O)([O-])c1ccc2c(N=Nc3ccc(N=Nc4ccccc4)c4ccccc34)c([O-])c(S(=O)(=O)O)cc2c1.[Na+].[Na+]. The summed E-state index contributed by atoms with van der Waals surface area (Å²) in [7, 11) is -9.90. The molecule has 0 amide bonds. The molecule has 5 aromatic carbocycles. The van der Waals surface area contributed by atoms with Gasteiger partial charge in [-0.05, 0) is 47.9 Å². The fourth-order valence-electron chi connectivity index (χ4n) is 3.92. The molecule has 5 rings (SSSR count). The Balaban J connectivity index is 0.00000231. The molecule has 0 unspecified atom stereocenters. The Morgan fingerprint density at radius 3 is 1.76 bits per heavy atom. The van der Waals surface area contributed by atoms with Crippen LogP contribution in [0.3, 0.4) is 0 Å². The predicted molar refractivity (Wildman–Crippen MR) is 140 cm³/mol. The van der Waals surface area contributed by atoms with Gasteiger partial charge in [0.15, 0.2) is 0 Å². The average Bonchev–Trinajstić information content (AvgIpc) is 2.90. The van der Waals surface area contributed by atoms with E-state index in [1.165, 1.54) is 0 Å². The molecule has 0 spiro atoms. The van der Waals surface area contributed by atoms with Gasteiger partial charge >= 0.3 is 59.1 Å². The number of rotatable bonds is 6. The summed E-state index contributed by atoms with van der Waals surface area (Å²) >= 11 is 0. The first kappa shape index (κ1) is 32.9. The topological polar surface area (TPSA) is 184 Å². The molecule has 0 aliphatic rings. The molecule has 0 heterocycles. The normalized spacial score (nSPS) is 12.0. The number of hydrogen-bond donors (Lipinski definition) is 1. The Labute approximate surface area is 279 Å². The maximum Gasteiger partial charge on any atom is 1.00 e. The van der Waals surface area contributed by atoms with E-state index in [1.807, 2.05) is 18.2 Å². The van der Waals surface area contributed by atoms with Crippen molar-refractivity contribution in [1.82, 2.24) is 0 Å². The van der Waals surface area contributed by atoms with Gasteiger partial charge in [0.2, 0.25) is 0 Å². The average molecular weight is 607 g/mol. The quantitative estimate of drug-likeness (QED) is 0.161. The fourth-order valence-corrected chi connectivity index (χ4v) is 5.03. The van der Waals surface area contributed by atoms with Crippen molar-refractivity contribution < 1.29 is 90.2 Å². The molecule has 0 fully saturated rings. The zero-order valence-electron chi connectivity index (χ0n) is 21.7. The third kappa shape index (κ3) is 7.27. The number of fused-ring (bicyclic) bond motifs is 2. The molecule has 0 radical (unpaired) electrons. The molecule has 15 heteroatoms. The van der Waals surface area contributed by atoms with E-state index in [1.54, 1.807) is 48.5 Å². The van der Waals surface area contributed by atoms with Crippen molar-refractivity contribution >= 4 is 64.5 Å². The number of azo groups is 2. The predicted octanol–water partition coefficient (Wildman–Crippen LogP) is 0.0562. The van der Waals surface area contributed by atoms with Gasteiger partial charge in [-0.3, -0.25) is 4.55 Å². The van der Waals surface area contributed by atoms with Crippen LogP contribution in [0.15, 0.2) is 121 Å². The van der Waals surface area contributed by atoms with Gasteiger partial charge in [-0.1, -0.05) is 54.3 Å². The standard InChI is InChI=1S/C26H18N4O7S2.2Na/c31-26-24(39(35,36)37)15-16-14-18(38(32,33)34)10-11-19(16)25(26)30-29-23-13-12-22(20-8-4-5-9-21(20)23)28-27-17-6-2-1-3-7-17;;/h1-15,31H,(H,32,33,34)(H,35,36,37);;/q;2*+1/p-2. The second-order valence-corrected chi connectivity index (χ2v) is 11.0. The van der Waals surface area contributed by atoms with Crippen LogP contribution in [0.5, 0.6) is 5.75 Å². The van der Waals surface area contributed by atoms with Gasteiger partial charge in [0, 0.05) is 16.2 Å². The van der Waals surface area contributed by atoms with Gasteiger partial charge in [-0.2, -0.15) is 18.6 Å². The molecule has 5 aromatic rings. The molecule has 0 saturated heterocycles. The maximum atomic E-state index is 13.0. The van der Waals surface area contributed by atoms with Gasteiger partial charge in [0.1, 0.15) is 10.1 Å². The minimum absolute atomic E-state index is 0. The van der Waals surface area contributed by atoms with Gasteiger partial charge in [0.05, 0.1) is 32.5 Å². The summed E-state index contributed by atoms with van der Waals surface area (Å²) < 4.78 is 67.7. The van der Waals surface area contributed by atoms with E-state index in [9.17, 15) is 31.0 Å². The van der Waals surface area contributed by atoms with E-state index < -0.39 is 41.5 Å². The first-order valence-corrected chi connectivity index (χ1v) is 14.0. The van der Waals surface area contributed by atoms with Crippen molar-refractivity contribution in [2.45, 2.75) is 9.79 Å². The first-order chi connectivity index (χ1) is 18.5. The summed E-state index contributed by atoms with van der Waals surface area (Å²) in [5.41, 5.74) is 1.05. The summed E-state index contributed by atoms with van der Waals surface area (Å²) in [6.07, 6.45) is 0. The van der Waals surface area contributed by atoms with Crippen LogP contribution in [0.2, 0.25) is 0 Å². The smallest absolute Gasteiger partial charge is 0.870 e. The van der Waals surface area contributed by atoms with Crippen LogP contribution >= 0.6 is 0 Å². The molecule has 0 saturated carbocycles. The van der Waals surface area contributed by atoms with E-state index in [4.69, 9.17) is 0 Å². The van der Waals surface area contributed by atoms with Crippen LogP contribution in [0.4, 0.5) is 22.7 Å². The molecule has 0 atom stereocenters. The van der Waals surface area contributed by atoms with Crippen molar-refractivity contribution in [2.24, 2.45) is 20.5 Å². The Kier molecular flexibility index (Phi) is 10.6. The molecule has 0 bridgehead atoms. The Bertz CT molecular complexity index is 2040. The van der Waals surface area contributed by atoms with Crippen molar-refractivity contribution in [3.8, 4) is 5.75 Å². The summed E-state index contributed by atoms with van der Waals surface area (Å²) in [6, 6.07) is 23.3. The molecule has 41 heavy (non-hydrogen) atoms. The molecule has 0 aliphatic heterocycles. The molecule has 11 nitrogen and oxygen atoms in total. The fraction of sp³-hybridized carbons (Fsp3) is 0. The minimum Gasteiger partial charge on any atom is -0.870 e. The summed E-state index contributed by atoms with van der Waals surface area (Å²) in [4.78, 5) is -1.69. The number of hydrogen-bond acceptors (Lipinski definition) is 10. The first-order valence-electron chi connectivity index (χ1n) is 11.1. The van der Waals surface area contributed by atoms with Gasteiger partial charge in [-0.15, -0.1) is 10.2 Å². The zero-order valence-corrected chi connectivity index (χ0v) is 27.3. The van der Waals surface area contributed by atoms with Crippen molar-refractivity contribution in [1.29, 1.82) is 0 Å². The maximum absolute atomic E-state index is 13.0. The van der Waals surface area contributed by atoms with Crippen LogP contribution in [0, 0.1) is 0 Å². The van der Waals surface area contributed by atoms with E-state index in [2.05, 4.69) is 20.5 Å². The Morgan fingerprint density at radius 1 is 0.634 bits per heavy atom. The number of benzene rings is 5. The minimum atomic E-state index is -5.01. The van der Waals surface area contributed by atoms with E-state index in [0.717, 1.165) is 24.3 Å². The molecule has 196 valence electrons. The second-order valence-electron chi connectivity index (χ2n) is 8.25.